The number of ether oxygens (including phenoxy) is 5. The van der Waals surface area contributed by atoms with E-state index in [4.69, 9.17) is 23.7 Å². The number of unbranched alkanes of at least 4 members (excludes halogenated alkanes) is 17. The number of aliphatic hydroxyl groups excluding tert-OH is 2. The summed E-state index contributed by atoms with van der Waals surface area (Å²) in [5.74, 6) is -3.27. The summed E-state index contributed by atoms with van der Waals surface area (Å²) in [6.07, 6.45) is 57.9. The number of hydrogen-bond acceptors (Lipinski definition) is 11. The van der Waals surface area contributed by atoms with Crippen molar-refractivity contribution in [2.75, 3.05) is 13.2 Å². The van der Waals surface area contributed by atoms with Crippen molar-refractivity contribution >= 4 is 23.9 Å². The van der Waals surface area contributed by atoms with E-state index in [-0.39, 0.29) is 25.9 Å². The summed E-state index contributed by atoms with van der Waals surface area (Å²) in [4.78, 5) is 51.1. The van der Waals surface area contributed by atoms with Gasteiger partial charge in [-0.25, -0.2) is 4.79 Å². The molecule has 1 heterocycles. The maximum Gasteiger partial charge on any atom is 0.335 e. The van der Waals surface area contributed by atoms with Gasteiger partial charge in [0.05, 0.1) is 6.61 Å². The number of aliphatic hydroxyl groups is 2. The Morgan fingerprint density at radius 1 is 0.442 bits per heavy atom. The normalized spacial score (nSPS) is 18.8. The van der Waals surface area contributed by atoms with Gasteiger partial charge in [0.15, 0.2) is 24.6 Å². The third-order valence-corrected chi connectivity index (χ3v) is 12.8. The van der Waals surface area contributed by atoms with Gasteiger partial charge in [-0.1, -0.05) is 207 Å². The Morgan fingerprint density at radius 3 is 1.31 bits per heavy atom. The van der Waals surface area contributed by atoms with Gasteiger partial charge < -0.3 is 39.0 Å². The largest absolute Gasteiger partial charge is 0.479 e. The van der Waals surface area contributed by atoms with E-state index in [2.05, 4.69) is 112 Å². The predicted octanol–water partition coefficient (Wildman–Crippen LogP) is 15.4. The van der Waals surface area contributed by atoms with Gasteiger partial charge in [-0.05, 0) is 109 Å². The lowest BCUT2D eigenvalue weighted by molar-refractivity contribution is -0.301. The van der Waals surface area contributed by atoms with Crippen molar-refractivity contribution in [2.24, 2.45) is 0 Å². The highest BCUT2D eigenvalue weighted by molar-refractivity contribution is 5.74. The summed E-state index contributed by atoms with van der Waals surface area (Å²) in [5.41, 5.74) is 0. The zero-order valence-electron chi connectivity index (χ0n) is 47.9. The van der Waals surface area contributed by atoms with E-state index < -0.39 is 67.3 Å². The number of rotatable bonds is 49. The molecule has 6 unspecified atom stereocenters. The molecule has 0 radical (unpaired) electrons. The van der Waals surface area contributed by atoms with Crippen molar-refractivity contribution in [1.29, 1.82) is 0 Å². The summed E-state index contributed by atoms with van der Waals surface area (Å²) in [6.45, 7) is 5.69. The van der Waals surface area contributed by atoms with Crippen molar-refractivity contribution in [3.05, 3.63) is 109 Å². The number of carboxylic acid groups (broad SMARTS) is 1. The first-order chi connectivity index (χ1) is 37.6. The first-order valence-electron chi connectivity index (χ1n) is 29.9. The van der Waals surface area contributed by atoms with Crippen LogP contribution in [0.3, 0.4) is 0 Å². The number of carbonyl (C=O) groups is 4. The van der Waals surface area contributed by atoms with Crippen molar-refractivity contribution in [2.45, 2.75) is 263 Å². The number of hydrogen-bond donors (Lipinski definition) is 3. The molecule has 0 aliphatic carbocycles. The molecule has 1 saturated heterocycles. The van der Waals surface area contributed by atoms with Crippen LogP contribution in [-0.2, 0) is 42.9 Å². The highest BCUT2D eigenvalue weighted by atomic mass is 16.7. The number of esters is 3. The van der Waals surface area contributed by atoms with E-state index in [0.717, 1.165) is 103 Å². The molecular weight excluding hydrogens is 973 g/mol. The van der Waals surface area contributed by atoms with E-state index in [1.807, 2.05) is 18.2 Å². The molecule has 0 aromatic rings. The number of carbonyl (C=O) groups excluding carboxylic acids is 3. The second-order valence-corrected chi connectivity index (χ2v) is 19.9. The molecule has 3 N–H and O–H groups in total. The van der Waals surface area contributed by atoms with E-state index in [1.54, 1.807) is 0 Å². The van der Waals surface area contributed by atoms with Crippen LogP contribution in [-0.4, -0.2) is 89.2 Å². The van der Waals surface area contributed by atoms with Gasteiger partial charge in [0.25, 0.3) is 0 Å². The molecule has 0 spiro atoms. The van der Waals surface area contributed by atoms with Gasteiger partial charge in [-0.2, -0.15) is 0 Å². The van der Waals surface area contributed by atoms with Gasteiger partial charge in [0.2, 0.25) is 0 Å². The molecule has 0 aromatic carbocycles. The minimum absolute atomic E-state index is 0.0684. The lowest BCUT2D eigenvalue weighted by Gasteiger charge is -2.40. The topological polar surface area (TPSA) is 175 Å². The lowest BCUT2D eigenvalue weighted by Crippen LogP contribution is -2.61. The molecule has 436 valence electrons. The Labute approximate surface area is 465 Å². The second kappa shape index (κ2) is 52.1. The standard InChI is InChI=1S/C65H104O12/c1-4-7-10-13-16-19-22-25-27-29-31-34-36-39-42-45-48-51-57(66)73-54-56(75-58(67)52-49-46-43-40-38-35-32-30-28-26-23-20-17-14-11-8-5-2)55-74-65-63(61(70)60(69)62(77-65)64(71)72)76-59(68)53-50-47-44-41-37-33-24-21-18-15-12-9-6-3/h7,9-10,12,16,18-19,21,25-28,31,33-34,37,44,47,56,60-63,65,69-70H,4-6,8,11,13-15,17,20,22-24,29-30,32,35-36,38-43,45-46,48-55H2,1-3H3,(H,71,72)/b10-7-,12-9-,19-16-,21-18-,27-25-,28-26-,34-31-,37-33-,47-44-. The van der Waals surface area contributed by atoms with Crippen LogP contribution in [0.15, 0.2) is 109 Å². The van der Waals surface area contributed by atoms with Crippen molar-refractivity contribution in [3.8, 4) is 0 Å². The van der Waals surface area contributed by atoms with Crippen LogP contribution in [0.5, 0.6) is 0 Å². The van der Waals surface area contributed by atoms with Gasteiger partial charge in [0.1, 0.15) is 18.8 Å². The molecule has 1 rings (SSSR count). The third kappa shape index (κ3) is 42.1. The monoisotopic (exact) mass is 1080 g/mol. The summed E-state index contributed by atoms with van der Waals surface area (Å²) < 4.78 is 28.3. The molecule has 0 aromatic heterocycles. The molecular formula is C65H104O12. The Bertz CT molecular complexity index is 1750. The lowest BCUT2D eigenvalue weighted by atomic mass is 9.98. The van der Waals surface area contributed by atoms with Crippen molar-refractivity contribution in [3.63, 3.8) is 0 Å². The summed E-state index contributed by atoms with van der Waals surface area (Å²) in [7, 11) is 0. The van der Waals surface area contributed by atoms with Gasteiger partial charge >= 0.3 is 23.9 Å². The van der Waals surface area contributed by atoms with E-state index >= 15 is 0 Å². The van der Waals surface area contributed by atoms with Crippen LogP contribution in [0.4, 0.5) is 0 Å². The number of aliphatic carboxylic acids is 1. The van der Waals surface area contributed by atoms with Gasteiger partial charge in [-0.15, -0.1) is 0 Å². The predicted molar refractivity (Wildman–Crippen MR) is 312 cm³/mol. The molecule has 12 heteroatoms. The number of carboxylic acids is 1. The zero-order chi connectivity index (χ0) is 56.1. The maximum atomic E-state index is 13.2. The Kier molecular flexibility index (Phi) is 47.6. The fraction of sp³-hybridized carbons (Fsp3) is 0.662. The highest BCUT2D eigenvalue weighted by Gasteiger charge is 2.50. The second-order valence-electron chi connectivity index (χ2n) is 19.9. The minimum Gasteiger partial charge on any atom is -0.479 e. The van der Waals surface area contributed by atoms with E-state index in [0.29, 0.717) is 25.7 Å². The molecule has 0 saturated carbocycles. The summed E-state index contributed by atoms with van der Waals surface area (Å²) >= 11 is 0. The Hall–Kier alpha value is -4.62. The number of allylic oxidation sites excluding steroid dienone is 18. The molecule has 0 bridgehead atoms. The molecule has 1 aliphatic rings. The Balaban J connectivity index is 2.74. The molecule has 1 fully saturated rings. The molecule has 77 heavy (non-hydrogen) atoms. The first kappa shape index (κ1) is 70.4. The van der Waals surface area contributed by atoms with Crippen LogP contribution < -0.4 is 0 Å². The average Bonchev–Trinajstić information content (AvgIpc) is 3.42. The molecule has 0 amide bonds. The molecule has 6 atom stereocenters. The van der Waals surface area contributed by atoms with Gasteiger partial charge in [-0.3, -0.25) is 14.4 Å². The zero-order valence-corrected chi connectivity index (χ0v) is 47.9. The van der Waals surface area contributed by atoms with Crippen LogP contribution in [0.1, 0.15) is 226 Å². The molecule has 12 nitrogen and oxygen atoms in total. The van der Waals surface area contributed by atoms with Crippen molar-refractivity contribution < 1.29 is 58.2 Å². The Morgan fingerprint density at radius 2 is 0.844 bits per heavy atom. The maximum absolute atomic E-state index is 13.2. The first-order valence-corrected chi connectivity index (χ1v) is 29.9. The average molecular weight is 1080 g/mol. The quantitative estimate of drug-likeness (QED) is 0.0228. The van der Waals surface area contributed by atoms with Crippen LogP contribution >= 0.6 is 0 Å². The van der Waals surface area contributed by atoms with Gasteiger partial charge in [0, 0.05) is 19.3 Å². The van der Waals surface area contributed by atoms with Crippen LogP contribution in [0.25, 0.3) is 0 Å². The van der Waals surface area contributed by atoms with Crippen molar-refractivity contribution in [1.82, 2.24) is 0 Å². The third-order valence-electron chi connectivity index (χ3n) is 12.8. The fourth-order valence-electron chi connectivity index (χ4n) is 8.31. The minimum atomic E-state index is -1.93. The summed E-state index contributed by atoms with van der Waals surface area (Å²) in [6, 6.07) is 0. The van der Waals surface area contributed by atoms with E-state index in [9.17, 15) is 34.5 Å². The molecule has 1 aliphatic heterocycles. The fourth-order valence-corrected chi connectivity index (χ4v) is 8.31. The summed E-state index contributed by atoms with van der Waals surface area (Å²) in [5, 5.41) is 31.4. The van der Waals surface area contributed by atoms with Crippen LogP contribution in [0.2, 0.25) is 0 Å². The highest BCUT2D eigenvalue weighted by Crippen LogP contribution is 2.26. The van der Waals surface area contributed by atoms with E-state index in [1.165, 1.54) is 57.8 Å². The van der Waals surface area contributed by atoms with Crippen LogP contribution in [0, 0.1) is 0 Å². The SMILES string of the molecule is CC/C=C\C/C=C\C/C=C\C/C=C\CCCCCCC(=O)OCC(COC1OC(C(=O)O)C(O)C(O)C1OC(=O)CC/C=C\C/C=C\C/C=C\C/C=C\CC)OC(=O)CCCCCCCCC/C=C\CCCCCCCC. The smallest absolute Gasteiger partial charge is 0.335 e.